The fourth-order valence-corrected chi connectivity index (χ4v) is 9.80. The zero-order chi connectivity index (χ0) is 37.0. The van der Waals surface area contributed by atoms with Gasteiger partial charge >= 0.3 is 0 Å². The SMILES string of the molecule is c1ccc(-c2cccc(-c3nc(-c4ccccc4)nc(-c4cccc5sc6cc(-c7nc(-c8ccccc8)nc8c7sc7ccccc78)ccc6c45)n3)c2)cc1. The molecule has 4 heterocycles. The number of rotatable bonds is 6. The molecule has 0 aliphatic carbocycles. The molecule has 0 fully saturated rings. The van der Waals surface area contributed by atoms with E-state index in [-0.39, 0.29) is 0 Å². The second-order valence-electron chi connectivity index (χ2n) is 13.6. The highest BCUT2D eigenvalue weighted by Gasteiger charge is 2.20. The van der Waals surface area contributed by atoms with Gasteiger partial charge in [-0.2, -0.15) is 0 Å². The average molecular weight is 752 g/mol. The van der Waals surface area contributed by atoms with Crippen molar-refractivity contribution in [3.8, 4) is 67.9 Å². The predicted molar refractivity (Wildman–Crippen MR) is 234 cm³/mol. The Labute approximate surface area is 330 Å². The Bertz CT molecular complexity index is 3250. The fraction of sp³-hybridized carbons (Fsp3) is 0. The van der Waals surface area contributed by atoms with E-state index >= 15 is 0 Å². The Balaban J connectivity index is 1.09. The molecular weight excluding hydrogens is 723 g/mol. The van der Waals surface area contributed by atoms with E-state index in [2.05, 4.69) is 133 Å². The highest BCUT2D eigenvalue weighted by molar-refractivity contribution is 7.26. The second kappa shape index (κ2) is 13.4. The van der Waals surface area contributed by atoms with Crippen LogP contribution in [0.2, 0.25) is 0 Å². The molecule has 0 unspecified atom stereocenters. The van der Waals surface area contributed by atoms with Gasteiger partial charge in [0.15, 0.2) is 23.3 Å². The lowest BCUT2D eigenvalue weighted by molar-refractivity contribution is 1.08. The van der Waals surface area contributed by atoms with E-state index in [1.54, 1.807) is 22.7 Å². The van der Waals surface area contributed by atoms with Crippen LogP contribution in [0.5, 0.6) is 0 Å². The molecule has 56 heavy (non-hydrogen) atoms. The van der Waals surface area contributed by atoms with Crippen molar-refractivity contribution in [2.75, 3.05) is 0 Å². The van der Waals surface area contributed by atoms with E-state index in [0.29, 0.717) is 17.5 Å². The van der Waals surface area contributed by atoms with Crippen molar-refractivity contribution in [3.05, 3.63) is 176 Å². The first-order valence-electron chi connectivity index (χ1n) is 18.4. The molecule has 0 saturated carbocycles. The molecule has 0 N–H and O–H groups in total. The van der Waals surface area contributed by atoms with Crippen LogP contribution in [0, 0.1) is 0 Å². The number of hydrogen-bond donors (Lipinski definition) is 0. The monoisotopic (exact) mass is 751 g/mol. The molecule has 11 aromatic rings. The summed E-state index contributed by atoms with van der Waals surface area (Å²) < 4.78 is 4.64. The number of benzene rings is 7. The fourth-order valence-electron chi connectivity index (χ4n) is 7.47. The summed E-state index contributed by atoms with van der Waals surface area (Å²) in [6, 6.07) is 60.9. The summed E-state index contributed by atoms with van der Waals surface area (Å²) >= 11 is 3.53. The molecule has 0 radical (unpaired) electrons. The van der Waals surface area contributed by atoms with Gasteiger partial charge in [-0.15, -0.1) is 22.7 Å². The number of thiophene rings is 2. The Kier molecular flexibility index (Phi) is 7.79. The molecule has 0 amide bonds. The third kappa shape index (κ3) is 5.64. The Morgan fingerprint density at radius 1 is 0.321 bits per heavy atom. The molecule has 4 aromatic heterocycles. The number of aromatic nitrogens is 5. The van der Waals surface area contributed by atoms with Crippen LogP contribution >= 0.6 is 22.7 Å². The Hall–Kier alpha value is -6.93. The smallest absolute Gasteiger partial charge is 0.164 e. The van der Waals surface area contributed by atoms with Crippen molar-refractivity contribution < 1.29 is 0 Å². The lowest BCUT2D eigenvalue weighted by atomic mass is 10.0. The van der Waals surface area contributed by atoms with Crippen molar-refractivity contribution >= 4 is 63.1 Å². The zero-order valence-corrected chi connectivity index (χ0v) is 31.4. The van der Waals surface area contributed by atoms with Crippen LogP contribution in [-0.2, 0) is 0 Å². The van der Waals surface area contributed by atoms with Gasteiger partial charge in [-0.1, -0.05) is 152 Å². The summed E-state index contributed by atoms with van der Waals surface area (Å²) in [4.78, 5) is 25.8. The third-order valence-electron chi connectivity index (χ3n) is 10.2. The summed E-state index contributed by atoms with van der Waals surface area (Å²) in [7, 11) is 0. The van der Waals surface area contributed by atoms with Gasteiger partial charge in [0.25, 0.3) is 0 Å². The summed E-state index contributed by atoms with van der Waals surface area (Å²) in [5.74, 6) is 2.64. The standard InChI is InChI=1S/C49H29N5S2/c1-4-14-30(15-5-1)33-20-12-21-35(28-33)48-52-47(32-18-8-3-9-19-32)53-49(54-48)38-23-13-25-40-42(38)36-27-26-34(29-41(36)55-40)43-45-44(37-22-10-11-24-39(37)56-45)51-46(50-43)31-16-6-2-7-17-31/h1-29H. The molecule has 0 aliphatic heterocycles. The van der Waals surface area contributed by atoms with Gasteiger partial charge in [0, 0.05) is 58.1 Å². The minimum absolute atomic E-state index is 0.635. The largest absolute Gasteiger partial charge is 0.226 e. The predicted octanol–water partition coefficient (Wildman–Crippen LogP) is 13.4. The minimum atomic E-state index is 0.635. The molecule has 0 saturated heterocycles. The maximum Gasteiger partial charge on any atom is 0.164 e. The molecule has 11 rings (SSSR count). The van der Waals surface area contributed by atoms with Gasteiger partial charge in [-0.3, -0.25) is 0 Å². The van der Waals surface area contributed by atoms with E-state index < -0.39 is 0 Å². The highest BCUT2D eigenvalue weighted by Crippen LogP contribution is 2.44. The lowest BCUT2D eigenvalue weighted by Gasteiger charge is -2.11. The lowest BCUT2D eigenvalue weighted by Crippen LogP contribution is -2.00. The molecule has 7 aromatic carbocycles. The average Bonchev–Trinajstić information content (AvgIpc) is 3.85. The number of nitrogens with zero attached hydrogens (tertiary/aromatic N) is 5. The van der Waals surface area contributed by atoms with Crippen LogP contribution in [0.1, 0.15) is 0 Å². The van der Waals surface area contributed by atoms with Gasteiger partial charge in [0.2, 0.25) is 0 Å². The normalized spacial score (nSPS) is 11.6. The molecule has 0 atom stereocenters. The van der Waals surface area contributed by atoms with Crippen molar-refractivity contribution in [1.82, 2.24) is 24.9 Å². The topological polar surface area (TPSA) is 64.5 Å². The van der Waals surface area contributed by atoms with Crippen LogP contribution < -0.4 is 0 Å². The quantitative estimate of drug-likeness (QED) is 0.169. The van der Waals surface area contributed by atoms with Gasteiger partial charge in [-0.05, 0) is 35.4 Å². The van der Waals surface area contributed by atoms with Crippen molar-refractivity contribution in [3.63, 3.8) is 0 Å². The first-order valence-corrected chi connectivity index (χ1v) is 20.0. The van der Waals surface area contributed by atoms with E-state index in [0.717, 1.165) is 76.8 Å². The Morgan fingerprint density at radius 2 is 0.911 bits per heavy atom. The molecule has 0 spiro atoms. The van der Waals surface area contributed by atoms with Gasteiger partial charge in [0.1, 0.15) is 0 Å². The van der Waals surface area contributed by atoms with Crippen molar-refractivity contribution in [2.24, 2.45) is 0 Å². The van der Waals surface area contributed by atoms with E-state index in [9.17, 15) is 0 Å². The van der Waals surface area contributed by atoms with Crippen molar-refractivity contribution in [2.45, 2.75) is 0 Å². The molecular formula is C49H29N5S2. The maximum atomic E-state index is 5.24. The first kappa shape index (κ1) is 32.5. The second-order valence-corrected chi connectivity index (χ2v) is 15.8. The summed E-state index contributed by atoms with van der Waals surface area (Å²) in [6.07, 6.45) is 0. The number of fused-ring (bicyclic) bond motifs is 6. The van der Waals surface area contributed by atoms with Crippen molar-refractivity contribution in [1.29, 1.82) is 0 Å². The van der Waals surface area contributed by atoms with E-state index in [1.807, 2.05) is 42.5 Å². The molecule has 5 nitrogen and oxygen atoms in total. The first-order chi connectivity index (χ1) is 27.7. The number of hydrogen-bond acceptors (Lipinski definition) is 7. The van der Waals surface area contributed by atoms with Crippen LogP contribution in [0.15, 0.2) is 176 Å². The van der Waals surface area contributed by atoms with E-state index in [4.69, 9.17) is 24.9 Å². The van der Waals surface area contributed by atoms with Gasteiger partial charge < -0.3 is 0 Å². The van der Waals surface area contributed by atoms with Crippen LogP contribution in [0.25, 0.3) is 108 Å². The summed E-state index contributed by atoms with van der Waals surface area (Å²) in [6.45, 7) is 0. The van der Waals surface area contributed by atoms with Gasteiger partial charge in [0.05, 0.1) is 15.9 Å². The zero-order valence-electron chi connectivity index (χ0n) is 29.8. The van der Waals surface area contributed by atoms with E-state index in [1.165, 1.54) is 14.1 Å². The van der Waals surface area contributed by atoms with Crippen LogP contribution in [0.4, 0.5) is 0 Å². The van der Waals surface area contributed by atoms with Crippen LogP contribution in [-0.4, -0.2) is 24.9 Å². The summed E-state index contributed by atoms with van der Waals surface area (Å²) in [5.41, 5.74) is 9.10. The van der Waals surface area contributed by atoms with Gasteiger partial charge in [-0.25, -0.2) is 24.9 Å². The molecule has 7 heteroatoms. The summed E-state index contributed by atoms with van der Waals surface area (Å²) in [5, 5.41) is 3.44. The maximum absolute atomic E-state index is 5.24. The minimum Gasteiger partial charge on any atom is -0.226 e. The molecule has 262 valence electrons. The molecule has 0 aliphatic rings. The third-order valence-corrected chi connectivity index (χ3v) is 12.4. The Morgan fingerprint density at radius 3 is 1.68 bits per heavy atom. The molecule has 0 bridgehead atoms. The van der Waals surface area contributed by atoms with Crippen LogP contribution in [0.3, 0.4) is 0 Å². The highest BCUT2D eigenvalue weighted by atomic mass is 32.1.